The minimum Gasteiger partial charge on any atom is -0.497 e. The van der Waals surface area contributed by atoms with Gasteiger partial charge < -0.3 is 14.2 Å². The molecule has 0 fully saturated rings. The van der Waals surface area contributed by atoms with Gasteiger partial charge in [0.1, 0.15) is 5.75 Å². The molecule has 0 radical (unpaired) electrons. The van der Waals surface area contributed by atoms with Crippen LogP contribution in [0.2, 0.25) is 0 Å². The molecule has 0 unspecified atom stereocenters. The molecular formula is C25H28N2O7S. The second-order valence-electron chi connectivity index (χ2n) is 7.93. The lowest BCUT2D eigenvalue weighted by molar-refractivity contribution is -0.137. The van der Waals surface area contributed by atoms with E-state index >= 15 is 0 Å². The van der Waals surface area contributed by atoms with Crippen LogP contribution >= 0.6 is 0 Å². The van der Waals surface area contributed by atoms with E-state index in [2.05, 4.69) is 4.83 Å². The topological polar surface area (TPSA) is 111 Å². The standard InChI is InChI=1S/C25H28N2O7S/c1-15-7-13-20(14-8-15)35(30,31)26-27-16(2)21(24(28)33-5)23(22(17(27)3)25(29)34-6)18-9-11-19(32-4)12-10-18/h7-14,23,26H,1-6H3. The molecule has 0 aromatic heterocycles. The molecule has 0 bridgehead atoms. The molecule has 3 rings (SSSR count). The van der Waals surface area contributed by atoms with Gasteiger partial charge in [0.05, 0.1) is 43.3 Å². The van der Waals surface area contributed by atoms with E-state index in [0.717, 1.165) is 5.56 Å². The fourth-order valence-corrected chi connectivity index (χ4v) is 5.08. The first kappa shape index (κ1) is 26.0. The summed E-state index contributed by atoms with van der Waals surface area (Å²) in [6.07, 6.45) is 0. The molecule has 0 spiro atoms. The lowest BCUT2D eigenvalue weighted by atomic mass is 9.80. The monoisotopic (exact) mass is 500 g/mol. The minimum absolute atomic E-state index is 0.0280. The van der Waals surface area contributed by atoms with Gasteiger partial charge in [0.25, 0.3) is 10.0 Å². The molecule has 1 N–H and O–H groups in total. The number of methoxy groups -OCH3 is 3. The number of nitrogens with one attached hydrogen (secondary N) is 1. The van der Waals surface area contributed by atoms with E-state index in [1.54, 1.807) is 50.2 Å². The second-order valence-corrected chi connectivity index (χ2v) is 9.59. The number of hydrogen-bond donors (Lipinski definition) is 1. The molecule has 1 aliphatic heterocycles. The molecule has 186 valence electrons. The second kappa shape index (κ2) is 10.3. The van der Waals surface area contributed by atoms with Crippen LogP contribution in [0, 0.1) is 6.92 Å². The average molecular weight is 501 g/mol. The van der Waals surface area contributed by atoms with Crippen LogP contribution in [-0.2, 0) is 29.1 Å². The van der Waals surface area contributed by atoms with Crippen LogP contribution in [-0.4, -0.2) is 46.7 Å². The highest BCUT2D eigenvalue weighted by Gasteiger charge is 2.41. The Labute approximate surface area is 205 Å². The molecule has 0 atom stereocenters. The van der Waals surface area contributed by atoms with E-state index in [1.165, 1.54) is 38.5 Å². The van der Waals surface area contributed by atoms with Crippen molar-refractivity contribution in [2.24, 2.45) is 0 Å². The summed E-state index contributed by atoms with van der Waals surface area (Å²) < 4.78 is 41.6. The molecule has 35 heavy (non-hydrogen) atoms. The highest BCUT2D eigenvalue weighted by Crippen LogP contribution is 2.42. The summed E-state index contributed by atoms with van der Waals surface area (Å²) in [6, 6.07) is 13.2. The fourth-order valence-electron chi connectivity index (χ4n) is 3.96. The lowest BCUT2D eigenvalue weighted by Crippen LogP contribution is -2.45. The predicted molar refractivity (Wildman–Crippen MR) is 129 cm³/mol. The number of rotatable bonds is 7. The highest BCUT2D eigenvalue weighted by atomic mass is 32.2. The van der Waals surface area contributed by atoms with Crippen LogP contribution < -0.4 is 9.57 Å². The van der Waals surface area contributed by atoms with Crippen LogP contribution in [0.4, 0.5) is 0 Å². The molecule has 1 heterocycles. The summed E-state index contributed by atoms with van der Waals surface area (Å²) in [5, 5.41) is 1.20. The smallest absolute Gasteiger partial charge is 0.336 e. The van der Waals surface area contributed by atoms with Gasteiger partial charge in [-0.25, -0.2) is 18.0 Å². The minimum atomic E-state index is -4.06. The first-order valence-electron chi connectivity index (χ1n) is 10.7. The van der Waals surface area contributed by atoms with Crippen molar-refractivity contribution in [3.63, 3.8) is 0 Å². The molecule has 2 aromatic rings. The van der Waals surface area contributed by atoms with Crippen molar-refractivity contribution in [3.05, 3.63) is 82.2 Å². The average Bonchev–Trinajstić information content (AvgIpc) is 2.85. The zero-order chi connectivity index (χ0) is 25.9. The Hall–Kier alpha value is -3.63. The summed E-state index contributed by atoms with van der Waals surface area (Å²) in [6.45, 7) is 5.01. The fraction of sp³-hybridized carbons (Fsp3) is 0.280. The molecule has 0 aliphatic carbocycles. The SMILES string of the molecule is COC(=O)C1=C(C)N(NS(=O)(=O)c2ccc(C)cc2)C(C)=C(C(=O)OC)C1c1ccc(OC)cc1. The van der Waals surface area contributed by atoms with Gasteiger partial charge in [-0.1, -0.05) is 29.8 Å². The summed E-state index contributed by atoms with van der Waals surface area (Å²) in [7, 11) is -0.0897. The van der Waals surface area contributed by atoms with Gasteiger partial charge in [0.2, 0.25) is 0 Å². The van der Waals surface area contributed by atoms with Crippen molar-refractivity contribution in [1.82, 2.24) is 9.84 Å². The number of nitrogens with zero attached hydrogens (tertiary/aromatic N) is 1. The molecule has 9 nitrogen and oxygen atoms in total. The predicted octanol–water partition coefficient (Wildman–Crippen LogP) is 3.19. The summed E-state index contributed by atoms with van der Waals surface area (Å²) in [4.78, 5) is 28.5. The van der Waals surface area contributed by atoms with Crippen LogP contribution in [0.3, 0.4) is 0 Å². The van der Waals surface area contributed by atoms with Gasteiger partial charge in [-0.15, -0.1) is 4.83 Å². The van der Waals surface area contributed by atoms with Crippen molar-refractivity contribution in [1.29, 1.82) is 0 Å². The molecule has 0 saturated heterocycles. The Morgan fingerprint density at radius 3 is 1.71 bits per heavy atom. The molecule has 2 aromatic carbocycles. The number of carbonyl (C=O) groups excluding carboxylic acids is 2. The lowest BCUT2D eigenvalue weighted by Gasteiger charge is -2.37. The van der Waals surface area contributed by atoms with Crippen molar-refractivity contribution in [2.45, 2.75) is 31.6 Å². The third kappa shape index (κ3) is 5.08. The van der Waals surface area contributed by atoms with E-state index in [1.807, 2.05) is 6.92 Å². The highest BCUT2D eigenvalue weighted by molar-refractivity contribution is 7.89. The largest absolute Gasteiger partial charge is 0.497 e. The maximum Gasteiger partial charge on any atom is 0.336 e. The van der Waals surface area contributed by atoms with Gasteiger partial charge in [-0.05, 0) is 50.6 Å². The summed E-state index contributed by atoms with van der Waals surface area (Å²) in [5.41, 5.74) is 2.21. The Balaban J connectivity index is 2.21. The first-order valence-corrected chi connectivity index (χ1v) is 12.1. The van der Waals surface area contributed by atoms with Crippen molar-refractivity contribution < 1.29 is 32.2 Å². The van der Waals surface area contributed by atoms with Crippen LogP contribution in [0.15, 0.2) is 76.0 Å². The number of benzene rings is 2. The normalized spacial score (nSPS) is 14.7. The van der Waals surface area contributed by atoms with E-state index < -0.39 is 27.9 Å². The number of sulfonamides is 1. The van der Waals surface area contributed by atoms with Gasteiger partial charge in [0.15, 0.2) is 0 Å². The van der Waals surface area contributed by atoms with Crippen LogP contribution in [0.5, 0.6) is 5.75 Å². The van der Waals surface area contributed by atoms with Gasteiger partial charge in [-0.2, -0.15) is 0 Å². The number of carbonyl (C=O) groups is 2. The van der Waals surface area contributed by atoms with Crippen LogP contribution in [0.1, 0.15) is 30.9 Å². The summed E-state index contributed by atoms with van der Waals surface area (Å²) in [5.74, 6) is -1.69. The molecule has 0 amide bonds. The Morgan fingerprint density at radius 1 is 0.800 bits per heavy atom. The van der Waals surface area contributed by atoms with Gasteiger partial charge in [0, 0.05) is 11.4 Å². The Morgan fingerprint density at radius 2 is 1.29 bits per heavy atom. The Kier molecular flexibility index (Phi) is 7.67. The van der Waals surface area contributed by atoms with E-state index in [9.17, 15) is 18.0 Å². The van der Waals surface area contributed by atoms with Gasteiger partial charge in [-0.3, -0.25) is 5.01 Å². The van der Waals surface area contributed by atoms with Gasteiger partial charge >= 0.3 is 11.9 Å². The van der Waals surface area contributed by atoms with Crippen LogP contribution in [0.25, 0.3) is 0 Å². The zero-order valence-corrected chi connectivity index (χ0v) is 21.2. The molecular weight excluding hydrogens is 472 g/mol. The van der Waals surface area contributed by atoms with Crippen molar-refractivity contribution in [2.75, 3.05) is 21.3 Å². The molecule has 0 saturated carbocycles. The third-order valence-electron chi connectivity index (χ3n) is 5.83. The molecule has 10 heteroatoms. The maximum absolute atomic E-state index is 13.2. The van der Waals surface area contributed by atoms with Crippen molar-refractivity contribution in [3.8, 4) is 5.75 Å². The number of hydrazine groups is 1. The first-order chi connectivity index (χ1) is 16.5. The number of aryl methyl sites for hydroxylation is 1. The van der Waals surface area contributed by atoms with E-state index in [0.29, 0.717) is 11.3 Å². The number of esters is 2. The van der Waals surface area contributed by atoms with E-state index in [4.69, 9.17) is 14.2 Å². The number of allylic oxidation sites excluding steroid dienone is 2. The zero-order valence-electron chi connectivity index (χ0n) is 20.4. The molecule has 1 aliphatic rings. The summed E-state index contributed by atoms with van der Waals surface area (Å²) >= 11 is 0. The number of hydrogen-bond acceptors (Lipinski definition) is 8. The van der Waals surface area contributed by atoms with Crippen molar-refractivity contribution >= 4 is 22.0 Å². The van der Waals surface area contributed by atoms with E-state index in [-0.39, 0.29) is 27.4 Å². The maximum atomic E-state index is 13.2. The third-order valence-corrected chi connectivity index (χ3v) is 7.15. The quantitative estimate of drug-likeness (QED) is 0.577. The number of ether oxygens (including phenoxy) is 3. The Bertz CT molecular complexity index is 1250.